The molecule has 0 saturated carbocycles. The summed E-state index contributed by atoms with van der Waals surface area (Å²) < 4.78 is 26.3. The summed E-state index contributed by atoms with van der Waals surface area (Å²) in [4.78, 5) is 14.3. The lowest BCUT2D eigenvalue weighted by Crippen LogP contribution is -2.29. The highest BCUT2D eigenvalue weighted by molar-refractivity contribution is 7.89. The highest BCUT2D eigenvalue weighted by Crippen LogP contribution is 2.10. The zero-order valence-electron chi connectivity index (χ0n) is 11.0. The number of hydrogen-bond donors (Lipinski definition) is 2. The van der Waals surface area contributed by atoms with Crippen molar-refractivity contribution in [2.24, 2.45) is 5.92 Å². The van der Waals surface area contributed by atoms with Gasteiger partial charge >= 0.3 is 5.97 Å². The summed E-state index contributed by atoms with van der Waals surface area (Å²) in [6, 6.07) is 2.42. The first-order valence-corrected chi connectivity index (χ1v) is 7.58. The van der Waals surface area contributed by atoms with E-state index in [0.717, 1.165) is 19.0 Å². The quantitative estimate of drug-likeness (QED) is 0.791. The van der Waals surface area contributed by atoms with Gasteiger partial charge in [-0.25, -0.2) is 22.9 Å². The number of rotatable bonds is 7. The molecule has 19 heavy (non-hydrogen) atoms. The number of carboxylic acid groups (broad SMARTS) is 1. The number of nitrogens with zero attached hydrogens (tertiary/aromatic N) is 1. The first kappa shape index (κ1) is 15.6. The number of pyridine rings is 1. The van der Waals surface area contributed by atoms with Gasteiger partial charge in [0.05, 0.1) is 5.56 Å². The van der Waals surface area contributed by atoms with E-state index >= 15 is 0 Å². The highest BCUT2D eigenvalue weighted by atomic mass is 32.2. The Morgan fingerprint density at radius 1 is 1.37 bits per heavy atom. The summed E-state index contributed by atoms with van der Waals surface area (Å²) >= 11 is 0. The zero-order chi connectivity index (χ0) is 14.5. The summed E-state index contributed by atoms with van der Waals surface area (Å²) in [5, 5.41) is 8.55. The number of carbonyl (C=O) groups is 1. The van der Waals surface area contributed by atoms with Crippen LogP contribution in [-0.2, 0) is 10.0 Å². The smallest absolute Gasteiger partial charge is 0.337 e. The molecule has 0 aliphatic heterocycles. The van der Waals surface area contributed by atoms with Crippen molar-refractivity contribution < 1.29 is 18.3 Å². The van der Waals surface area contributed by atoms with E-state index in [0.29, 0.717) is 6.54 Å². The third kappa shape index (κ3) is 4.29. The van der Waals surface area contributed by atoms with Crippen molar-refractivity contribution >= 4 is 16.0 Å². The molecular formula is C12H18N2O4S. The van der Waals surface area contributed by atoms with Crippen molar-refractivity contribution in [2.45, 2.75) is 31.7 Å². The molecule has 0 spiro atoms. The van der Waals surface area contributed by atoms with Crippen LogP contribution in [0.15, 0.2) is 23.4 Å². The minimum Gasteiger partial charge on any atom is -0.478 e. The van der Waals surface area contributed by atoms with Crippen molar-refractivity contribution in [3.05, 3.63) is 23.9 Å². The first-order chi connectivity index (χ1) is 8.90. The molecule has 6 nitrogen and oxygen atoms in total. The standard InChI is InChI=1S/C12H18N2O4S/c1-3-9(4-2)7-14-19(17,18)11-6-5-10(8-13-11)12(15)16/h5-6,8-9,14H,3-4,7H2,1-2H3,(H,15,16). The van der Waals surface area contributed by atoms with Crippen LogP contribution in [0.4, 0.5) is 0 Å². The Morgan fingerprint density at radius 2 is 2.00 bits per heavy atom. The van der Waals surface area contributed by atoms with Gasteiger partial charge in [-0.15, -0.1) is 0 Å². The molecule has 0 atom stereocenters. The van der Waals surface area contributed by atoms with Gasteiger partial charge in [-0.3, -0.25) is 0 Å². The van der Waals surface area contributed by atoms with E-state index in [9.17, 15) is 13.2 Å². The molecule has 1 rings (SSSR count). The molecule has 0 radical (unpaired) electrons. The molecule has 0 fully saturated rings. The van der Waals surface area contributed by atoms with Crippen LogP contribution in [0.2, 0.25) is 0 Å². The van der Waals surface area contributed by atoms with Gasteiger partial charge in [-0.1, -0.05) is 26.7 Å². The van der Waals surface area contributed by atoms with Crippen LogP contribution in [0.1, 0.15) is 37.0 Å². The van der Waals surface area contributed by atoms with E-state index in [1.54, 1.807) is 0 Å². The van der Waals surface area contributed by atoms with E-state index in [1.807, 2.05) is 13.8 Å². The fraction of sp³-hybridized carbons (Fsp3) is 0.500. The zero-order valence-corrected chi connectivity index (χ0v) is 11.8. The molecule has 1 aromatic rings. The normalized spacial score (nSPS) is 11.7. The molecule has 1 heterocycles. The molecular weight excluding hydrogens is 268 g/mol. The van der Waals surface area contributed by atoms with E-state index in [2.05, 4.69) is 9.71 Å². The maximum atomic E-state index is 11.9. The lowest BCUT2D eigenvalue weighted by molar-refractivity contribution is 0.0696. The van der Waals surface area contributed by atoms with Crippen molar-refractivity contribution in [1.82, 2.24) is 9.71 Å². The van der Waals surface area contributed by atoms with Crippen LogP contribution in [0, 0.1) is 5.92 Å². The van der Waals surface area contributed by atoms with E-state index in [4.69, 9.17) is 5.11 Å². The van der Waals surface area contributed by atoms with E-state index in [-0.39, 0.29) is 16.5 Å². The predicted molar refractivity (Wildman–Crippen MR) is 70.5 cm³/mol. The number of aromatic nitrogens is 1. The Balaban J connectivity index is 2.80. The number of hydrogen-bond acceptors (Lipinski definition) is 4. The second kappa shape index (κ2) is 6.63. The first-order valence-electron chi connectivity index (χ1n) is 6.09. The molecule has 0 amide bonds. The van der Waals surface area contributed by atoms with Crippen molar-refractivity contribution in [2.75, 3.05) is 6.54 Å². The SMILES string of the molecule is CCC(CC)CNS(=O)(=O)c1ccc(C(=O)O)cn1. The monoisotopic (exact) mass is 286 g/mol. The number of sulfonamides is 1. The summed E-state index contributed by atoms with van der Waals surface area (Å²) in [6.45, 7) is 4.36. The number of carboxylic acids is 1. The van der Waals surface area contributed by atoms with Gasteiger partial charge in [0, 0.05) is 12.7 Å². The fourth-order valence-corrected chi connectivity index (χ4v) is 2.59. The average molecular weight is 286 g/mol. The Morgan fingerprint density at radius 3 is 2.42 bits per heavy atom. The predicted octanol–water partition coefficient (Wildman–Crippen LogP) is 1.49. The molecule has 106 valence electrons. The van der Waals surface area contributed by atoms with Crippen molar-refractivity contribution in [3.63, 3.8) is 0 Å². The number of nitrogens with one attached hydrogen (secondary N) is 1. The van der Waals surface area contributed by atoms with Gasteiger partial charge in [0.1, 0.15) is 0 Å². The molecule has 1 aromatic heterocycles. The van der Waals surface area contributed by atoms with Gasteiger partial charge in [-0.2, -0.15) is 0 Å². The molecule has 0 bridgehead atoms. The minimum atomic E-state index is -3.67. The Labute approximate surface area is 112 Å². The van der Waals surface area contributed by atoms with Crippen LogP contribution in [0.25, 0.3) is 0 Å². The fourth-order valence-electron chi connectivity index (χ4n) is 1.54. The largest absolute Gasteiger partial charge is 0.478 e. The van der Waals surface area contributed by atoms with Gasteiger partial charge < -0.3 is 5.11 Å². The van der Waals surface area contributed by atoms with Crippen LogP contribution >= 0.6 is 0 Å². The summed E-state index contributed by atoms with van der Waals surface area (Å²) in [6.07, 6.45) is 2.82. The maximum absolute atomic E-state index is 11.9. The maximum Gasteiger partial charge on any atom is 0.337 e. The van der Waals surface area contributed by atoms with E-state index < -0.39 is 16.0 Å². The second-order valence-corrected chi connectivity index (χ2v) is 5.94. The third-order valence-electron chi connectivity index (χ3n) is 2.98. The molecule has 0 saturated heterocycles. The van der Waals surface area contributed by atoms with Gasteiger partial charge in [0.2, 0.25) is 0 Å². The van der Waals surface area contributed by atoms with E-state index in [1.165, 1.54) is 12.1 Å². The van der Waals surface area contributed by atoms with Crippen LogP contribution < -0.4 is 4.72 Å². The number of aromatic carboxylic acids is 1. The van der Waals surface area contributed by atoms with Crippen LogP contribution in [0.5, 0.6) is 0 Å². The molecule has 0 aliphatic rings. The van der Waals surface area contributed by atoms with Crippen molar-refractivity contribution in [3.8, 4) is 0 Å². The third-order valence-corrected chi connectivity index (χ3v) is 4.31. The summed E-state index contributed by atoms with van der Waals surface area (Å²) in [7, 11) is -3.67. The van der Waals surface area contributed by atoms with Gasteiger partial charge in [0.15, 0.2) is 5.03 Å². The van der Waals surface area contributed by atoms with Crippen molar-refractivity contribution in [1.29, 1.82) is 0 Å². The average Bonchev–Trinajstić information content (AvgIpc) is 2.40. The molecule has 0 unspecified atom stereocenters. The highest BCUT2D eigenvalue weighted by Gasteiger charge is 2.17. The Hall–Kier alpha value is -1.47. The molecule has 0 aliphatic carbocycles. The van der Waals surface area contributed by atoms with Gasteiger partial charge in [0.25, 0.3) is 10.0 Å². The molecule has 0 aromatic carbocycles. The van der Waals surface area contributed by atoms with Gasteiger partial charge in [-0.05, 0) is 18.1 Å². The Kier molecular flexibility index (Phi) is 5.44. The lowest BCUT2D eigenvalue weighted by Gasteiger charge is -2.13. The van der Waals surface area contributed by atoms with Crippen LogP contribution in [0.3, 0.4) is 0 Å². The Bertz CT molecular complexity index is 521. The topological polar surface area (TPSA) is 96.4 Å². The molecule has 2 N–H and O–H groups in total. The molecule has 7 heteroatoms. The minimum absolute atomic E-state index is 0.0426. The summed E-state index contributed by atoms with van der Waals surface area (Å²) in [5.41, 5.74) is -0.0426. The van der Waals surface area contributed by atoms with Crippen LogP contribution in [-0.4, -0.2) is 31.0 Å². The summed E-state index contributed by atoms with van der Waals surface area (Å²) in [5.74, 6) is -0.852. The lowest BCUT2D eigenvalue weighted by atomic mass is 10.0. The second-order valence-electron chi connectivity index (χ2n) is 4.22.